The van der Waals surface area contributed by atoms with Gasteiger partial charge in [-0.2, -0.15) is 0 Å². The van der Waals surface area contributed by atoms with E-state index in [2.05, 4.69) is 4.31 Å². The third-order valence-corrected chi connectivity index (χ3v) is 2.70. The number of β-amino-alcohol motifs (C(OH)–C–C–N with tert-alkyl or cyclic N) is 1. The molecule has 0 bridgehead atoms. The first-order valence-electron chi connectivity index (χ1n) is 3.46. The Balaban J connectivity index is 2.33. The zero-order chi connectivity index (χ0) is 7.56. The molecule has 1 fully saturated rings. The fraction of sp³-hybridized carbons (Fsp3) is 1.00. The van der Waals surface area contributed by atoms with Gasteiger partial charge in [-0.05, 0) is 12.7 Å². The Kier molecular flexibility index (Phi) is 2.97. The van der Waals surface area contributed by atoms with Gasteiger partial charge in [-0.15, -0.1) is 0 Å². The van der Waals surface area contributed by atoms with Crippen LogP contribution in [0.2, 0.25) is 0 Å². The van der Waals surface area contributed by atoms with Crippen molar-refractivity contribution < 1.29 is 5.11 Å². The van der Waals surface area contributed by atoms with Crippen molar-refractivity contribution in [1.29, 1.82) is 0 Å². The highest BCUT2D eigenvalue weighted by Gasteiger charge is 2.23. The van der Waals surface area contributed by atoms with Gasteiger partial charge in [0.15, 0.2) is 0 Å². The van der Waals surface area contributed by atoms with E-state index >= 15 is 0 Å². The number of hydrogen-bond donors (Lipinski definition) is 2. The third-order valence-electron chi connectivity index (χ3n) is 1.85. The molecule has 0 saturated carbocycles. The Hall–Kier alpha value is 0.230. The minimum atomic E-state index is -0.332. The average Bonchev–Trinajstić information content (AvgIpc) is 1.95. The summed E-state index contributed by atoms with van der Waals surface area (Å²) in [5.41, 5.74) is 5.61. The Labute approximate surface area is 65.7 Å². The molecule has 0 aromatic rings. The molecule has 2 unspecified atom stereocenters. The zero-order valence-electron chi connectivity index (χ0n) is 6.16. The molecule has 0 radical (unpaired) electrons. The lowest BCUT2D eigenvalue weighted by molar-refractivity contribution is 0.0921. The van der Waals surface area contributed by atoms with Gasteiger partial charge in [0, 0.05) is 19.1 Å². The van der Waals surface area contributed by atoms with Crippen molar-refractivity contribution in [1.82, 2.24) is 4.31 Å². The summed E-state index contributed by atoms with van der Waals surface area (Å²) in [7, 11) is 0. The number of nitrogens with two attached hydrogens (primary N) is 1. The maximum atomic E-state index is 9.30. The summed E-state index contributed by atoms with van der Waals surface area (Å²) in [6.45, 7) is 1.71. The highest BCUT2D eigenvalue weighted by Crippen LogP contribution is 2.14. The molecule has 0 amide bonds. The molecule has 0 spiro atoms. The van der Waals surface area contributed by atoms with Crippen LogP contribution in [0.4, 0.5) is 0 Å². The first-order chi connectivity index (χ1) is 4.74. The molecule has 3 N–H and O–H groups in total. The maximum absolute atomic E-state index is 9.30. The molecule has 1 rings (SSSR count). The molecule has 1 saturated heterocycles. The quantitative estimate of drug-likeness (QED) is 0.518. The van der Waals surface area contributed by atoms with Crippen LogP contribution in [0.1, 0.15) is 6.42 Å². The van der Waals surface area contributed by atoms with Crippen molar-refractivity contribution in [3.05, 3.63) is 0 Å². The number of aliphatic hydroxyl groups is 1. The highest BCUT2D eigenvalue weighted by atomic mass is 32.2. The fourth-order valence-electron chi connectivity index (χ4n) is 1.09. The van der Waals surface area contributed by atoms with Crippen molar-refractivity contribution in [3.63, 3.8) is 0 Å². The van der Waals surface area contributed by atoms with Crippen molar-refractivity contribution >= 4 is 11.9 Å². The molecule has 4 heteroatoms. The van der Waals surface area contributed by atoms with Crippen LogP contribution in [-0.4, -0.2) is 40.9 Å². The van der Waals surface area contributed by atoms with Gasteiger partial charge in [0.05, 0.1) is 6.10 Å². The lowest BCUT2D eigenvalue weighted by Gasteiger charge is -2.32. The number of piperidine rings is 1. The molecule has 3 nitrogen and oxygen atoms in total. The van der Waals surface area contributed by atoms with Crippen molar-refractivity contribution in [3.8, 4) is 0 Å². The van der Waals surface area contributed by atoms with Crippen LogP contribution < -0.4 is 5.73 Å². The monoisotopic (exact) mass is 162 g/mol. The first-order valence-corrected chi connectivity index (χ1v) is 4.65. The summed E-state index contributed by atoms with van der Waals surface area (Å²) in [6, 6.07) is -0.0107. The molecule has 2 atom stereocenters. The Bertz CT molecular complexity index is 112. The molecular formula is C6H14N2OS. The zero-order valence-corrected chi connectivity index (χ0v) is 6.97. The molecule has 60 valence electrons. The second kappa shape index (κ2) is 3.57. The fourth-order valence-corrected chi connectivity index (χ4v) is 1.68. The molecule has 0 aliphatic carbocycles. The summed E-state index contributed by atoms with van der Waals surface area (Å²) in [6.07, 6.45) is 2.59. The third kappa shape index (κ3) is 1.85. The van der Waals surface area contributed by atoms with E-state index in [1.807, 2.05) is 6.26 Å². The summed E-state index contributed by atoms with van der Waals surface area (Å²) in [5, 5.41) is 9.30. The van der Waals surface area contributed by atoms with Gasteiger partial charge < -0.3 is 10.8 Å². The largest absolute Gasteiger partial charge is 0.390 e. The van der Waals surface area contributed by atoms with E-state index in [0.29, 0.717) is 6.54 Å². The van der Waals surface area contributed by atoms with Crippen LogP contribution in [0.3, 0.4) is 0 Å². The van der Waals surface area contributed by atoms with E-state index < -0.39 is 0 Å². The molecule has 0 aromatic carbocycles. The van der Waals surface area contributed by atoms with E-state index in [0.717, 1.165) is 13.0 Å². The Morgan fingerprint density at radius 1 is 1.70 bits per heavy atom. The highest BCUT2D eigenvalue weighted by molar-refractivity contribution is 7.96. The average molecular weight is 162 g/mol. The van der Waals surface area contributed by atoms with Crippen molar-refractivity contribution in [2.75, 3.05) is 19.3 Å². The van der Waals surface area contributed by atoms with Gasteiger partial charge in [-0.25, -0.2) is 4.31 Å². The topological polar surface area (TPSA) is 49.5 Å². The summed E-state index contributed by atoms with van der Waals surface area (Å²) in [5.74, 6) is 0. The summed E-state index contributed by atoms with van der Waals surface area (Å²) in [4.78, 5) is 0. The van der Waals surface area contributed by atoms with Crippen LogP contribution in [-0.2, 0) is 0 Å². The normalized spacial score (nSPS) is 36.3. The van der Waals surface area contributed by atoms with E-state index in [1.54, 1.807) is 11.9 Å². The lowest BCUT2D eigenvalue weighted by Crippen LogP contribution is -2.48. The Morgan fingerprint density at radius 2 is 2.40 bits per heavy atom. The van der Waals surface area contributed by atoms with E-state index in [1.165, 1.54) is 0 Å². The molecule has 1 aliphatic heterocycles. The minimum absolute atomic E-state index is 0.0107. The molecule has 10 heavy (non-hydrogen) atoms. The smallest absolute Gasteiger partial charge is 0.0827 e. The van der Waals surface area contributed by atoms with Gasteiger partial charge in [-0.1, -0.05) is 11.9 Å². The number of hydrogen-bond acceptors (Lipinski definition) is 4. The van der Waals surface area contributed by atoms with E-state index in [-0.39, 0.29) is 12.1 Å². The first kappa shape index (κ1) is 8.33. The van der Waals surface area contributed by atoms with Gasteiger partial charge in [-0.3, -0.25) is 0 Å². The standard InChI is InChI=1S/C6H14N2OS/c1-10-8-3-2-5(7)6(9)4-8/h5-6,9H,2-4,7H2,1H3. The number of rotatable bonds is 1. The van der Waals surface area contributed by atoms with E-state index in [4.69, 9.17) is 5.73 Å². The van der Waals surface area contributed by atoms with Crippen molar-refractivity contribution in [2.24, 2.45) is 5.73 Å². The second-order valence-electron chi connectivity index (χ2n) is 2.59. The summed E-state index contributed by atoms with van der Waals surface area (Å²) < 4.78 is 2.13. The molecule has 1 aliphatic rings. The Morgan fingerprint density at radius 3 is 2.90 bits per heavy atom. The van der Waals surface area contributed by atoms with Gasteiger partial charge >= 0.3 is 0 Å². The molecular weight excluding hydrogens is 148 g/mol. The van der Waals surface area contributed by atoms with Crippen LogP contribution in [0.15, 0.2) is 0 Å². The maximum Gasteiger partial charge on any atom is 0.0827 e. The van der Waals surface area contributed by atoms with Crippen LogP contribution in [0.25, 0.3) is 0 Å². The second-order valence-corrected chi connectivity index (χ2v) is 3.47. The van der Waals surface area contributed by atoms with Crippen LogP contribution >= 0.6 is 11.9 Å². The predicted molar refractivity (Wildman–Crippen MR) is 43.7 cm³/mol. The number of aliphatic hydroxyl groups excluding tert-OH is 1. The van der Waals surface area contributed by atoms with E-state index in [9.17, 15) is 5.11 Å². The minimum Gasteiger partial charge on any atom is -0.390 e. The molecule has 1 heterocycles. The van der Waals surface area contributed by atoms with Gasteiger partial charge in [0.2, 0.25) is 0 Å². The van der Waals surface area contributed by atoms with Gasteiger partial charge in [0.1, 0.15) is 0 Å². The van der Waals surface area contributed by atoms with Crippen molar-refractivity contribution in [2.45, 2.75) is 18.6 Å². The van der Waals surface area contributed by atoms with Crippen LogP contribution in [0, 0.1) is 0 Å². The summed E-state index contributed by atoms with van der Waals surface area (Å²) >= 11 is 1.67. The molecule has 0 aromatic heterocycles. The lowest BCUT2D eigenvalue weighted by atomic mass is 10.1. The van der Waals surface area contributed by atoms with Gasteiger partial charge in [0.25, 0.3) is 0 Å². The predicted octanol–water partition coefficient (Wildman–Crippen LogP) is -0.342. The van der Waals surface area contributed by atoms with Crippen LogP contribution in [0.5, 0.6) is 0 Å². The SMILES string of the molecule is CSN1CCC(N)C(O)C1. The number of nitrogens with zero attached hydrogens (tertiary/aromatic N) is 1.